The van der Waals surface area contributed by atoms with E-state index in [1.165, 1.54) is 11.3 Å². The van der Waals surface area contributed by atoms with Crippen molar-refractivity contribution in [2.75, 3.05) is 5.73 Å². The van der Waals surface area contributed by atoms with Crippen molar-refractivity contribution in [1.82, 2.24) is 24.7 Å². The van der Waals surface area contributed by atoms with Gasteiger partial charge in [0.15, 0.2) is 0 Å². The van der Waals surface area contributed by atoms with Crippen molar-refractivity contribution in [1.29, 1.82) is 0 Å². The topological polar surface area (TPSA) is 82.5 Å². The molecule has 3 aromatic rings. The van der Waals surface area contributed by atoms with Crippen LogP contribution in [0.3, 0.4) is 0 Å². The largest absolute Gasteiger partial charge is 0.383 e. The highest BCUT2D eigenvalue weighted by molar-refractivity contribution is 7.13. The Kier molecular flexibility index (Phi) is 3.19. The van der Waals surface area contributed by atoms with Crippen LogP contribution in [0.1, 0.15) is 12.7 Å². The predicted octanol–water partition coefficient (Wildman–Crippen LogP) is 2.37. The van der Waals surface area contributed by atoms with E-state index in [9.17, 15) is 0 Å². The van der Waals surface area contributed by atoms with Gasteiger partial charge >= 0.3 is 0 Å². The first-order valence-corrected chi connectivity index (χ1v) is 7.13. The van der Waals surface area contributed by atoms with Gasteiger partial charge in [-0.25, -0.2) is 15.0 Å². The van der Waals surface area contributed by atoms with Gasteiger partial charge in [0.2, 0.25) is 0 Å². The summed E-state index contributed by atoms with van der Waals surface area (Å²) in [5.74, 6) is 1.12. The molecule has 3 aromatic heterocycles. The average molecular weight is 286 g/mol. The predicted molar refractivity (Wildman–Crippen MR) is 79.2 cm³/mol. The molecule has 0 aliphatic heterocycles. The molecule has 6 nitrogen and oxygen atoms in total. The second kappa shape index (κ2) is 5.01. The zero-order valence-electron chi connectivity index (χ0n) is 11.2. The molecule has 7 heteroatoms. The van der Waals surface area contributed by atoms with Crippen LogP contribution in [0.15, 0.2) is 24.0 Å². The number of nitrogen functional groups attached to an aromatic ring is 1. The van der Waals surface area contributed by atoms with E-state index in [-0.39, 0.29) is 0 Å². The highest BCUT2D eigenvalue weighted by Crippen LogP contribution is 2.30. The van der Waals surface area contributed by atoms with E-state index in [4.69, 9.17) is 5.73 Å². The van der Waals surface area contributed by atoms with Crippen molar-refractivity contribution in [3.05, 3.63) is 29.8 Å². The Labute approximate surface area is 120 Å². The number of hydrogen-bond donors (Lipinski definition) is 1. The van der Waals surface area contributed by atoms with Crippen molar-refractivity contribution in [2.45, 2.75) is 20.4 Å². The lowest BCUT2D eigenvalue weighted by atomic mass is 10.3. The third-order valence-electron chi connectivity index (χ3n) is 2.93. The van der Waals surface area contributed by atoms with E-state index in [0.29, 0.717) is 11.6 Å². The van der Waals surface area contributed by atoms with E-state index in [2.05, 4.69) is 20.1 Å². The molecule has 0 fully saturated rings. The first-order valence-electron chi connectivity index (χ1n) is 6.25. The van der Waals surface area contributed by atoms with Crippen molar-refractivity contribution in [2.24, 2.45) is 0 Å². The Morgan fingerprint density at radius 2 is 2.15 bits per heavy atom. The minimum atomic E-state index is 0.461. The molecule has 0 saturated heterocycles. The number of aromatic nitrogens is 5. The van der Waals surface area contributed by atoms with Gasteiger partial charge in [-0.3, -0.25) is 4.68 Å². The number of thiazole rings is 1. The van der Waals surface area contributed by atoms with E-state index < -0.39 is 0 Å². The molecular weight excluding hydrogens is 272 g/mol. The quantitative estimate of drug-likeness (QED) is 0.799. The van der Waals surface area contributed by atoms with Crippen LogP contribution in [-0.2, 0) is 6.54 Å². The summed E-state index contributed by atoms with van der Waals surface area (Å²) in [7, 11) is 0. The summed E-state index contributed by atoms with van der Waals surface area (Å²) in [6, 6.07) is 0. The monoisotopic (exact) mass is 286 g/mol. The molecule has 0 spiro atoms. The Balaban J connectivity index is 1.97. The van der Waals surface area contributed by atoms with Gasteiger partial charge in [0.1, 0.15) is 16.6 Å². The molecule has 0 saturated carbocycles. The molecule has 0 aromatic carbocycles. The number of nitrogens with zero attached hydrogens (tertiary/aromatic N) is 5. The molecular formula is C13H14N6S. The molecule has 3 heterocycles. The number of hydrogen-bond acceptors (Lipinski definition) is 6. The van der Waals surface area contributed by atoms with E-state index >= 15 is 0 Å². The Hall–Kier alpha value is -2.28. The third-order valence-corrected chi connectivity index (χ3v) is 3.80. The lowest BCUT2D eigenvalue weighted by Gasteiger charge is -2.00. The van der Waals surface area contributed by atoms with Gasteiger partial charge in [0.05, 0.1) is 17.5 Å². The van der Waals surface area contributed by atoms with Gasteiger partial charge < -0.3 is 5.73 Å². The van der Waals surface area contributed by atoms with Crippen LogP contribution in [0.2, 0.25) is 0 Å². The zero-order chi connectivity index (χ0) is 14.1. The highest BCUT2D eigenvalue weighted by Gasteiger charge is 2.12. The third kappa shape index (κ3) is 2.27. The van der Waals surface area contributed by atoms with Crippen LogP contribution in [0.4, 0.5) is 5.82 Å². The fourth-order valence-corrected chi connectivity index (χ4v) is 2.70. The van der Waals surface area contributed by atoms with Crippen molar-refractivity contribution < 1.29 is 0 Å². The molecule has 0 aliphatic carbocycles. The Morgan fingerprint density at radius 1 is 1.30 bits per heavy atom. The van der Waals surface area contributed by atoms with Gasteiger partial charge in [-0.1, -0.05) is 0 Å². The molecule has 0 aliphatic rings. The van der Waals surface area contributed by atoms with Gasteiger partial charge in [0.25, 0.3) is 0 Å². The van der Waals surface area contributed by atoms with Crippen LogP contribution in [-0.4, -0.2) is 24.7 Å². The normalized spacial score (nSPS) is 10.9. The summed E-state index contributed by atoms with van der Waals surface area (Å²) < 4.78 is 1.87. The minimum Gasteiger partial charge on any atom is -0.383 e. The second-order valence-electron chi connectivity index (χ2n) is 4.34. The molecule has 0 radical (unpaired) electrons. The Bertz CT molecular complexity index is 745. The maximum absolute atomic E-state index is 5.93. The molecule has 0 amide bonds. The zero-order valence-corrected chi connectivity index (χ0v) is 12.1. The lowest BCUT2D eigenvalue weighted by Crippen LogP contribution is -1.98. The average Bonchev–Trinajstić information content (AvgIpc) is 3.07. The number of nitrogens with two attached hydrogens (primary N) is 1. The molecule has 102 valence electrons. The standard InChI is InChI=1S/C13H14N6S/c1-3-19-6-9(4-16-19)11-7-20-13(18-11)10-5-15-8(2)17-12(10)14/h4-7H,3H2,1-2H3,(H2,14,15,17). The first kappa shape index (κ1) is 12.7. The summed E-state index contributed by atoms with van der Waals surface area (Å²) >= 11 is 1.53. The SMILES string of the molecule is CCn1cc(-c2csc(-c3cnc(C)nc3N)n2)cn1. The number of rotatable bonds is 3. The van der Waals surface area contributed by atoms with Gasteiger partial charge in [0, 0.05) is 29.9 Å². The maximum atomic E-state index is 5.93. The minimum absolute atomic E-state index is 0.461. The van der Waals surface area contributed by atoms with Crippen LogP contribution in [0.5, 0.6) is 0 Å². The molecule has 2 N–H and O–H groups in total. The molecule has 0 bridgehead atoms. The first-order chi connectivity index (χ1) is 9.67. The summed E-state index contributed by atoms with van der Waals surface area (Å²) in [5, 5.41) is 7.07. The summed E-state index contributed by atoms with van der Waals surface area (Å²) in [5.41, 5.74) is 8.59. The smallest absolute Gasteiger partial charge is 0.137 e. The lowest BCUT2D eigenvalue weighted by molar-refractivity contribution is 0.660. The molecule has 0 unspecified atom stereocenters. The number of anilines is 1. The summed E-state index contributed by atoms with van der Waals surface area (Å²) in [6.45, 7) is 4.70. The summed E-state index contributed by atoms with van der Waals surface area (Å²) in [6.07, 6.45) is 5.51. The van der Waals surface area contributed by atoms with Gasteiger partial charge in [-0.15, -0.1) is 11.3 Å². The highest BCUT2D eigenvalue weighted by atomic mass is 32.1. The second-order valence-corrected chi connectivity index (χ2v) is 5.20. The van der Waals surface area contributed by atoms with E-state index in [1.54, 1.807) is 6.20 Å². The Morgan fingerprint density at radius 3 is 2.85 bits per heavy atom. The molecule has 20 heavy (non-hydrogen) atoms. The van der Waals surface area contributed by atoms with Gasteiger partial charge in [-0.05, 0) is 13.8 Å². The molecule has 3 rings (SSSR count). The van der Waals surface area contributed by atoms with Crippen LogP contribution >= 0.6 is 11.3 Å². The van der Waals surface area contributed by atoms with Crippen molar-refractivity contribution >= 4 is 17.2 Å². The fourth-order valence-electron chi connectivity index (χ4n) is 1.85. The van der Waals surface area contributed by atoms with Gasteiger partial charge in [-0.2, -0.15) is 5.10 Å². The van der Waals surface area contributed by atoms with E-state index in [1.807, 2.05) is 36.3 Å². The molecule has 0 atom stereocenters. The van der Waals surface area contributed by atoms with Crippen LogP contribution < -0.4 is 5.73 Å². The van der Waals surface area contributed by atoms with Crippen molar-refractivity contribution in [3.63, 3.8) is 0 Å². The van der Waals surface area contributed by atoms with Crippen molar-refractivity contribution in [3.8, 4) is 21.8 Å². The summed E-state index contributed by atoms with van der Waals surface area (Å²) in [4.78, 5) is 12.9. The number of aryl methyl sites for hydroxylation is 2. The van der Waals surface area contributed by atoms with E-state index in [0.717, 1.165) is 28.4 Å². The van der Waals surface area contributed by atoms with Crippen LogP contribution in [0.25, 0.3) is 21.8 Å². The fraction of sp³-hybridized carbons (Fsp3) is 0.231. The maximum Gasteiger partial charge on any atom is 0.137 e. The van der Waals surface area contributed by atoms with Crippen LogP contribution in [0, 0.1) is 6.92 Å².